The van der Waals surface area contributed by atoms with Crippen molar-refractivity contribution in [2.45, 2.75) is 59.0 Å². The summed E-state index contributed by atoms with van der Waals surface area (Å²) in [6.45, 7) is 8.29. The summed E-state index contributed by atoms with van der Waals surface area (Å²) >= 11 is 0. The number of hydrogen-bond donors (Lipinski definition) is 0. The summed E-state index contributed by atoms with van der Waals surface area (Å²) in [4.78, 5) is 30.1. The van der Waals surface area contributed by atoms with Gasteiger partial charge in [-0.1, -0.05) is 43.7 Å². The van der Waals surface area contributed by atoms with Crippen LogP contribution >= 0.6 is 0 Å². The maximum atomic E-state index is 13.6. The summed E-state index contributed by atoms with van der Waals surface area (Å²) in [6, 6.07) is 13.5. The van der Waals surface area contributed by atoms with Crippen LogP contribution in [0, 0.1) is 6.92 Å². The predicted octanol–water partition coefficient (Wildman–Crippen LogP) is 4.23. The van der Waals surface area contributed by atoms with Crippen molar-refractivity contribution in [3.63, 3.8) is 0 Å². The Balaban J connectivity index is 2.19. The molecule has 0 unspecified atom stereocenters. The lowest BCUT2D eigenvalue weighted by atomic mass is 10.1. The van der Waals surface area contributed by atoms with Gasteiger partial charge in [-0.15, -0.1) is 0 Å². The Morgan fingerprint density at radius 3 is 2.44 bits per heavy atom. The van der Waals surface area contributed by atoms with Gasteiger partial charge in [0.15, 0.2) is 0 Å². The first-order valence-corrected chi connectivity index (χ1v) is 12.2. The van der Waals surface area contributed by atoms with Crippen LogP contribution in [-0.4, -0.2) is 67.7 Å². The van der Waals surface area contributed by atoms with Gasteiger partial charge in [0, 0.05) is 26.8 Å². The highest BCUT2D eigenvalue weighted by molar-refractivity contribution is 5.80. The summed E-state index contributed by atoms with van der Waals surface area (Å²) in [7, 11) is 1.65. The zero-order valence-electron chi connectivity index (χ0n) is 21.1. The normalized spacial score (nSPS) is 12.0. The van der Waals surface area contributed by atoms with Crippen molar-refractivity contribution in [2.75, 3.05) is 40.0 Å². The minimum atomic E-state index is -0.451. The van der Waals surface area contributed by atoms with Gasteiger partial charge in [0.05, 0.1) is 19.7 Å². The number of carbonyl (C=O) groups is 2. The van der Waals surface area contributed by atoms with Crippen molar-refractivity contribution < 1.29 is 23.5 Å². The number of esters is 1. The molecular formula is C27H40N2O5. The molecular weight excluding hydrogens is 432 g/mol. The van der Waals surface area contributed by atoms with Crippen molar-refractivity contribution in [2.24, 2.45) is 0 Å². The average Bonchev–Trinajstić information content (AvgIpc) is 3.25. The van der Waals surface area contributed by atoms with E-state index in [4.69, 9.17) is 13.9 Å². The lowest BCUT2D eigenvalue weighted by Gasteiger charge is -2.32. The Morgan fingerprint density at radius 1 is 1.06 bits per heavy atom. The van der Waals surface area contributed by atoms with Crippen LogP contribution in [0.25, 0.3) is 0 Å². The van der Waals surface area contributed by atoms with E-state index in [1.807, 2.05) is 54.0 Å². The Bertz CT molecular complexity index is 852. The van der Waals surface area contributed by atoms with E-state index in [2.05, 4.69) is 12.1 Å². The molecule has 0 aliphatic heterocycles. The van der Waals surface area contributed by atoms with E-state index >= 15 is 0 Å². The number of methoxy groups -OCH3 is 1. The molecule has 0 N–H and O–H groups in total. The number of carbonyl (C=O) groups excluding carboxylic acids is 2. The zero-order valence-corrected chi connectivity index (χ0v) is 21.1. The Morgan fingerprint density at radius 2 is 1.82 bits per heavy atom. The summed E-state index contributed by atoms with van der Waals surface area (Å²) < 4.78 is 16.3. The molecule has 0 spiro atoms. The molecule has 0 radical (unpaired) electrons. The highest BCUT2D eigenvalue weighted by atomic mass is 16.5. The predicted molar refractivity (Wildman–Crippen MR) is 132 cm³/mol. The highest BCUT2D eigenvalue weighted by Gasteiger charge is 2.29. The lowest BCUT2D eigenvalue weighted by Crippen LogP contribution is -2.49. The van der Waals surface area contributed by atoms with Crippen LogP contribution in [0.2, 0.25) is 0 Å². The quantitative estimate of drug-likeness (QED) is 0.269. The molecule has 34 heavy (non-hydrogen) atoms. The van der Waals surface area contributed by atoms with Crippen molar-refractivity contribution in [1.82, 2.24) is 9.80 Å². The van der Waals surface area contributed by atoms with Crippen LogP contribution in [0.1, 0.15) is 50.2 Å². The molecule has 1 aromatic carbocycles. The molecule has 0 saturated heterocycles. The maximum Gasteiger partial charge on any atom is 0.323 e. The molecule has 1 aromatic heterocycles. The number of ether oxygens (including phenoxy) is 2. The number of nitrogens with zero attached hydrogens (tertiary/aromatic N) is 2. The summed E-state index contributed by atoms with van der Waals surface area (Å²) in [6.07, 6.45) is 2.93. The molecule has 0 aliphatic rings. The summed E-state index contributed by atoms with van der Waals surface area (Å²) in [5.41, 5.74) is 1.17. The van der Waals surface area contributed by atoms with E-state index in [0.717, 1.165) is 30.8 Å². The monoisotopic (exact) mass is 472 g/mol. The third-order valence-electron chi connectivity index (χ3n) is 5.70. The Kier molecular flexibility index (Phi) is 12.4. The molecule has 0 bridgehead atoms. The first-order chi connectivity index (χ1) is 16.5. The fourth-order valence-corrected chi connectivity index (χ4v) is 3.95. The van der Waals surface area contributed by atoms with Crippen LogP contribution in [0.3, 0.4) is 0 Å². The van der Waals surface area contributed by atoms with Gasteiger partial charge in [0.25, 0.3) is 0 Å². The van der Waals surface area contributed by atoms with E-state index in [-0.39, 0.29) is 18.4 Å². The van der Waals surface area contributed by atoms with E-state index in [9.17, 15) is 9.59 Å². The first kappa shape index (κ1) is 27.6. The molecule has 188 valence electrons. The molecule has 0 fully saturated rings. The van der Waals surface area contributed by atoms with Gasteiger partial charge < -0.3 is 18.8 Å². The maximum absolute atomic E-state index is 13.6. The van der Waals surface area contributed by atoms with Gasteiger partial charge in [0.1, 0.15) is 17.6 Å². The SMILES string of the molecule is CCC[C@H](C(=O)OCC)N(CCCOC)CC(=O)N(CCc1ccccc1)Cc1ccc(C)o1. The lowest BCUT2D eigenvalue weighted by molar-refractivity contribution is -0.151. The number of furan rings is 1. The third-order valence-corrected chi connectivity index (χ3v) is 5.70. The Labute approximate surface area is 204 Å². The zero-order chi connectivity index (χ0) is 24.8. The second-order valence-electron chi connectivity index (χ2n) is 8.44. The average molecular weight is 473 g/mol. The molecule has 7 nitrogen and oxygen atoms in total. The van der Waals surface area contributed by atoms with Gasteiger partial charge in [-0.25, -0.2) is 0 Å². The molecule has 0 aliphatic carbocycles. The molecule has 7 heteroatoms. The molecule has 1 amide bonds. The van der Waals surface area contributed by atoms with E-state index < -0.39 is 6.04 Å². The highest BCUT2D eigenvalue weighted by Crippen LogP contribution is 2.15. The van der Waals surface area contributed by atoms with E-state index in [1.54, 1.807) is 14.0 Å². The van der Waals surface area contributed by atoms with Gasteiger partial charge in [-0.3, -0.25) is 14.5 Å². The summed E-state index contributed by atoms with van der Waals surface area (Å²) in [5.74, 6) is 1.26. The van der Waals surface area contributed by atoms with Gasteiger partial charge in [0.2, 0.25) is 5.91 Å². The number of hydrogen-bond acceptors (Lipinski definition) is 6. The second-order valence-corrected chi connectivity index (χ2v) is 8.44. The van der Waals surface area contributed by atoms with Gasteiger partial charge in [-0.2, -0.15) is 0 Å². The standard InChI is InChI=1S/C27H40N2O5/c1-5-11-25(27(31)33-6-2)28(17-10-19-32-4)21-26(30)29(20-24-15-14-22(3)34-24)18-16-23-12-8-7-9-13-23/h7-9,12-15,25H,5-6,10-11,16-21H2,1-4H3/t25-/m1/s1. The van der Waals surface area contributed by atoms with E-state index in [1.165, 1.54) is 5.56 Å². The largest absolute Gasteiger partial charge is 0.465 e. The minimum absolute atomic E-state index is 0.0344. The number of amides is 1. The van der Waals surface area contributed by atoms with Gasteiger partial charge in [-0.05, 0) is 50.8 Å². The topological polar surface area (TPSA) is 72.2 Å². The number of rotatable bonds is 16. The molecule has 2 aromatic rings. The molecule has 0 saturated carbocycles. The van der Waals surface area contributed by atoms with Crippen molar-refractivity contribution in [3.05, 3.63) is 59.5 Å². The summed E-state index contributed by atoms with van der Waals surface area (Å²) in [5, 5.41) is 0. The van der Waals surface area contributed by atoms with Gasteiger partial charge >= 0.3 is 5.97 Å². The fourth-order valence-electron chi connectivity index (χ4n) is 3.95. The van der Waals surface area contributed by atoms with Crippen LogP contribution in [0.15, 0.2) is 46.9 Å². The van der Waals surface area contributed by atoms with Crippen LogP contribution in [0.5, 0.6) is 0 Å². The smallest absolute Gasteiger partial charge is 0.323 e. The van der Waals surface area contributed by atoms with Crippen LogP contribution in [-0.2, 0) is 32.0 Å². The van der Waals surface area contributed by atoms with Crippen molar-refractivity contribution in [3.8, 4) is 0 Å². The van der Waals surface area contributed by atoms with Crippen LogP contribution < -0.4 is 0 Å². The first-order valence-electron chi connectivity index (χ1n) is 12.2. The van der Waals surface area contributed by atoms with Crippen molar-refractivity contribution >= 4 is 11.9 Å². The van der Waals surface area contributed by atoms with E-state index in [0.29, 0.717) is 39.3 Å². The fraction of sp³-hybridized carbons (Fsp3) is 0.556. The number of aryl methyl sites for hydroxylation is 1. The number of benzene rings is 1. The Hall–Kier alpha value is -2.64. The molecule has 1 heterocycles. The third kappa shape index (κ3) is 9.31. The molecule has 2 rings (SSSR count). The molecule has 1 atom stereocenters. The van der Waals surface area contributed by atoms with Crippen LogP contribution in [0.4, 0.5) is 0 Å². The van der Waals surface area contributed by atoms with Crippen molar-refractivity contribution in [1.29, 1.82) is 0 Å². The minimum Gasteiger partial charge on any atom is -0.465 e. The second kappa shape index (κ2) is 15.3.